The van der Waals surface area contributed by atoms with E-state index >= 15 is 0 Å². The molecule has 1 aliphatic heterocycles. The average Bonchev–Trinajstić information content (AvgIpc) is 3.32. The van der Waals surface area contributed by atoms with Gasteiger partial charge in [0.05, 0.1) is 5.69 Å². The second-order valence-corrected chi connectivity index (χ2v) is 11.2. The van der Waals surface area contributed by atoms with Crippen molar-refractivity contribution in [2.24, 2.45) is 0 Å². The first kappa shape index (κ1) is 25.4. The number of aromatic nitrogens is 3. The van der Waals surface area contributed by atoms with Crippen LogP contribution < -0.4 is 9.64 Å². The molecule has 2 aliphatic rings. The third-order valence-electron chi connectivity index (χ3n) is 8.75. The molecular formula is C40H26N4O. The van der Waals surface area contributed by atoms with Gasteiger partial charge in [-0.25, -0.2) is 4.98 Å². The number of rotatable bonds is 3. The standard InChI is InChI=1S/C40H26N4O/c1-3-15-27(16-4-1)37-41-38(28-17-5-2-6-18-28)43-39(42-37)44-34-24-12-14-26-36(34)45-35-25-13-11-23-33(35)40(44)31-21-9-7-19-29(31)30-20-8-10-22-32(30)40/h1-26H. The Morgan fingerprint density at radius 1 is 0.422 bits per heavy atom. The van der Waals surface area contributed by atoms with E-state index in [4.69, 9.17) is 19.7 Å². The van der Waals surface area contributed by atoms with E-state index in [9.17, 15) is 0 Å². The lowest BCUT2D eigenvalue weighted by molar-refractivity contribution is 0.480. The van der Waals surface area contributed by atoms with Crippen LogP contribution in [0.1, 0.15) is 16.7 Å². The number of nitrogens with zero attached hydrogens (tertiary/aromatic N) is 4. The highest BCUT2D eigenvalue weighted by molar-refractivity contribution is 5.90. The minimum atomic E-state index is -0.848. The second-order valence-electron chi connectivity index (χ2n) is 11.2. The summed E-state index contributed by atoms with van der Waals surface area (Å²) in [5.74, 6) is 3.25. The molecule has 212 valence electrons. The molecule has 1 spiro atoms. The molecule has 9 rings (SSSR count). The summed E-state index contributed by atoms with van der Waals surface area (Å²) in [6.07, 6.45) is 0. The van der Waals surface area contributed by atoms with Gasteiger partial charge in [0.15, 0.2) is 17.4 Å². The SMILES string of the molecule is c1ccc(-c2nc(-c3ccccc3)nc(N3c4ccccc4Oc4ccccc4C34c3ccccc3-c3ccccc34)n2)cc1. The Morgan fingerprint density at radius 2 is 0.889 bits per heavy atom. The summed E-state index contributed by atoms with van der Waals surface area (Å²) in [5.41, 5.74) is 7.49. The van der Waals surface area contributed by atoms with E-state index in [1.54, 1.807) is 0 Å². The lowest BCUT2D eigenvalue weighted by Gasteiger charge is -2.42. The fourth-order valence-electron chi connectivity index (χ4n) is 6.90. The molecule has 1 aliphatic carbocycles. The van der Waals surface area contributed by atoms with Crippen LogP contribution in [-0.2, 0) is 5.54 Å². The van der Waals surface area contributed by atoms with E-state index in [-0.39, 0.29) is 0 Å². The summed E-state index contributed by atoms with van der Waals surface area (Å²) in [5, 5.41) is 0. The topological polar surface area (TPSA) is 51.1 Å². The predicted octanol–water partition coefficient (Wildman–Crippen LogP) is 9.42. The number of benzene rings is 6. The molecule has 0 saturated carbocycles. The van der Waals surface area contributed by atoms with Crippen molar-refractivity contribution in [1.29, 1.82) is 0 Å². The molecule has 2 heterocycles. The van der Waals surface area contributed by atoms with Gasteiger partial charge in [-0.1, -0.05) is 140 Å². The molecule has 6 aromatic carbocycles. The highest BCUT2D eigenvalue weighted by atomic mass is 16.5. The van der Waals surface area contributed by atoms with Crippen molar-refractivity contribution in [1.82, 2.24) is 15.0 Å². The molecule has 0 unspecified atom stereocenters. The van der Waals surface area contributed by atoms with Crippen molar-refractivity contribution in [2.45, 2.75) is 5.54 Å². The molecule has 5 heteroatoms. The molecule has 1 aromatic heterocycles. The van der Waals surface area contributed by atoms with Crippen molar-refractivity contribution in [2.75, 3.05) is 4.90 Å². The smallest absolute Gasteiger partial charge is 0.235 e. The first-order valence-electron chi connectivity index (χ1n) is 15.1. The van der Waals surface area contributed by atoms with E-state index in [0.717, 1.165) is 45.0 Å². The van der Waals surface area contributed by atoms with Crippen LogP contribution in [0.2, 0.25) is 0 Å². The minimum absolute atomic E-state index is 0.530. The molecule has 0 amide bonds. The summed E-state index contributed by atoms with van der Waals surface area (Å²) >= 11 is 0. The van der Waals surface area contributed by atoms with Crippen LogP contribution in [0.25, 0.3) is 33.9 Å². The van der Waals surface area contributed by atoms with E-state index in [1.807, 2.05) is 84.9 Å². The Bertz CT molecular complexity index is 2110. The van der Waals surface area contributed by atoms with Crippen LogP contribution >= 0.6 is 0 Å². The molecule has 0 saturated heterocycles. The quantitative estimate of drug-likeness (QED) is 0.209. The summed E-state index contributed by atoms with van der Waals surface area (Å²) in [7, 11) is 0. The lowest BCUT2D eigenvalue weighted by atomic mass is 9.78. The Hall–Kier alpha value is -6.07. The van der Waals surface area contributed by atoms with Gasteiger partial charge in [-0.05, 0) is 40.5 Å². The number of hydrogen-bond donors (Lipinski definition) is 0. The van der Waals surface area contributed by atoms with Crippen molar-refractivity contribution < 1.29 is 4.74 Å². The van der Waals surface area contributed by atoms with Gasteiger partial charge < -0.3 is 4.74 Å². The van der Waals surface area contributed by atoms with Gasteiger partial charge in [0.2, 0.25) is 5.95 Å². The summed E-state index contributed by atoms with van der Waals surface area (Å²) < 4.78 is 6.79. The molecule has 45 heavy (non-hydrogen) atoms. The van der Waals surface area contributed by atoms with Crippen LogP contribution in [0, 0.1) is 0 Å². The number of para-hydroxylation sites is 3. The van der Waals surface area contributed by atoms with Crippen molar-refractivity contribution in [3.05, 3.63) is 174 Å². The van der Waals surface area contributed by atoms with Gasteiger partial charge in [-0.3, -0.25) is 4.90 Å². The van der Waals surface area contributed by atoms with Gasteiger partial charge in [0, 0.05) is 16.7 Å². The molecule has 0 radical (unpaired) electrons. The summed E-state index contributed by atoms with van der Waals surface area (Å²) in [6, 6.07) is 54.0. The second kappa shape index (κ2) is 10.00. The number of anilines is 2. The highest BCUT2D eigenvalue weighted by Gasteiger charge is 2.54. The molecule has 7 aromatic rings. The monoisotopic (exact) mass is 578 g/mol. The average molecular weight is 579 g/mol. The Morgan fingerprint density at radius 3 is 1.49 bits per heavy atom. The van der Waals surface area contributed by atoms with Crippen molar-refractivity contribution >= 4 is 11.6 Å². The molecular weight excluding hydrogens is 552 g/mol. The first-order valence-corrected chi connectivity index (χ1v) is 15.1. The third-order valence-corrected chi connectivity index (χ3v) is 8.75. The number of fused-ring (bicyclic) bond motifs is 8. The van der Waals surface area contributed by atoms with E-state index in [0.29, 0.717) is 17.6 Å². The van der Waals surface area contributed by atoms with Gasteiger partial charge in [0.1, 0.15) is 11.3 Å². The first-order chi connectivity index (χ1) is 22.3. The molecule has 5 nitrogen and oxygen atoms in total. The van der Waals surface area contributed by atoms with Gasteiger partial charge in [-0.15, -0.1) is 0 Å². The Kier molecular flexibility index (Phi) is 5.65. The molecule has 0 atom stereocenters. The van der Waals surface area contributed by atoms with Crippen LogP contribution in [0.4, 0.5) is 11.6 Å². The maximum absolute atomic E-state index is 6.79. The van der Waals surface area contributed by atoms with Gasteiger partial charge >= 0.3 is 0 Å². The zero-order valence-corrected chi connectivity index (χ0v) is 24.2. The summed E-state index contributed by atoms with van der Waals surface area (Å²) in [4.78, 5) is 17.9. The predicted molar refractivity (Wildman–Crippen MR) is 178 cm³/mol. The van der Waals surface area contributed by atoms with Crippen LogP contribution in [0.15, 0.2) is 158 Å². The zero-order chi connectivity index (χ0) is 29.8. The minimum Gasteiger partial charge on any atom is -0.455 e. The number of ether oxygens (including phenoxy) is 1. The number of hydrogen-bond acceptors (Lipinski definition) is 5. The Labute approximate surface area is 261 Å². The zero-order valence-electron chi connectivity index (χ0n) is 24.2. The van der Waals surface area contributed by atoms with Crippen molar-refractivity contribution in [3.8, 4) is 45.4 Å². The molecule has 0 N–H and O–H groups in total. The fourth-order valence-corrected chi connectivity index (χ4v) is 6.90. The third kappa shape index (κ3) is 3.77. The van der Waals surface area contributed by atoms with E-state index in [1.165, 1.54) is 11.1 Å². The van der Waals surface area contributed by atoms with Crippen LogP contribution in [0.5, 0.6) is 11.5 Å². The lowest BCUT2D eigenvalue weighted by Crippen LogP contribution is -2.44. The van der Waals surface area contributed by atoms with Gasteiger partial charge in [-0.2, -0.15) is 9.97 Å². The normalized spacial score (nSPS) is 13.6. The molecule has 0 bridgehead atoms. The van der Waals surface area contributed by atoms with E-state index in [2.05, 4.69) is 77.7 Å². The largest absolute Gasteiger partial charge is 0.455 e. The van der Waals surface area contributed by atoms with Crippen LogP contribution in [-0.4, -0.2) is 15.0 Å². The van der Waals surface area contributed by atoms with Crippen molar-refractivity contribution in [3.63, 3.8) is 0 Å². The van der Waals surface area contributed by atoms with Crippen LogP contribution in [0.3, 0.4) is 0 Å². The summed E-state index contributed by atoms with van der Waals surface area (Å²) in [6.45, 7) is 0. The Balaban J connectivity index is 1.45. The fraction of sp³-hybridized carbons (Fsp3) is 0.0250. The van der Waals surface area contributed by atoms with Gasteiger partial charge in [0.25, 0.3) is 0 Å². The van der Waals surface area contributed by atoms with E-state index < -0.39 is 5.54 Å². The maximum Gasteiger partial charge on any atom is 0.235 e. The maximum atomic E-state index is 6.79. The molecule has 0 fully saturated rings. The highest BCUT2D eigenvalue weighted by Crippen LogP contribution is 2.61.